The first-order chi connectivity index (χ1) is 8.49. The number of hydrogen-bond donors (Lipinski definition) is 0. The highest BCUT2D eigenvalue weighted by Gasteiger charge is 2.45. The second kappa shape index (κ2) is 8.42. The minimum Gasteiger partial charge on any atom is -0.525 e. The highest BCUT2D eigenvalue weighted by atomic mass is 28.2. The summed E-state index contributed by atoms with van der Waals surface area (Å²) in [4.78, 5) is 11.7. The van der Waals surface area contributed by atoms with Crippen LogP contribution in [0.15, 0.2) is 12.2 Å². The van der Waals surface area contributed by atoms with Crippen LogP contribution >= 0.6 is 0 Å². The first kappa shape index (κ1) is 17.3. The van der Waals surface area contributed by atoms with Gasteiger partial charge in [-0.25, -0.2) is 4.79 Å². The maximum absolute atomic E-state index is 11.7. The molecule has 1 atom stereocenters. The molecule has 0 aliphatic rings. The van der Waals surface area contributed by atoms with Crippen molar-refractivity contribution in [1.82, 2.24) is 0 Å². The van der Waals surface area contributed by atoms with E-state index in [1.54, 1.807) is 6.92 Å². The molecule has 5 nitrogen and oxygen atoms in total. The third-order valence-corrected chi connectivity index (χ3v) is 2.89. The Kier molecular flexibility index (Phi) is 8.09. The fourth-order valence-electron chi connectivity index (χ4n) is 1.75. The molecule has 0 radical (unpaired) electrons. The van der Waals surface area contributed by atoms with Gasteiger partial charge in [-0.2, -0.15) is 0 Å². The molecule has 0 aromatic heterocycles. The Morgan fingerprint density at radius 3 is 2.06 bits per heavy atom. The zero-order valence-corrected chi connectivity index (χ0v) is 13.9. The van der Waals surface area contributed by atoms with E-state index in [9.17, 15) is 4.79 Å². The van der Waals surface area contributed by atoms with Gasteiger partial charge >= 0.3 is 5.97 Å². The Morgan fingerprint density at radius 1 is 1.22 bits per heavy atom. The highest BCUT2D eigenvalue weighted by Crippen LogP contribution is 2.29. The Bertz CT molecular complexity index is 274. The van der Waals surface area contributed by atoms with Crippen LogP contribution < -0.4 is 0 Å². The van der Waals surface area contributed by atoms with E-state index in [1.165, 1.54) is 0 Å². The summed E-state index contributed by atoms with van der Waals surface area (Å²) in [5, 5.41) is 0. The summed E-state index contributed by atoms with van der Waals surface area (Å²) in [6, 6.07) is 0. The predicted molar refractivity (Wildman–Crippen MR) is 72.2 cm³/mol. The van der Waals surface area contributed by atoms with Crippen molar-refractivity contribution in [3.8, 4) is 0 Å². The first-order valence-electron chi connectivity index (χ1n) is 6.17. The Hall–Kier alpha value is -0.693. The van der Waals surface area contributed by atoms with Crippen molar-refractivity contribution in [2.75, 3.05) is 19.8 Å². The van der Waals surface area contributed by atoms with E-state index in [-0.39, 0.29) is 5.57 Å². The van der Waals surface area contributed by atoms with Gasteiger partial charge in [-0.3, -0.25) is 0 Å². The fourth-order valence-corrected chi connectivity index (χ4v) is 2.00. The second-order valence-corrected chi connectivity index (χ2v) is 4.01. The summed E-state index contributed by atoms with van der Waals surface area (Å²) in [7, 11) is 0.299. The van der Waals surface area contributed by atoms with Gasteiger partial charge in [0.2, 0.25) is 16.3 Å². The standard InChI is InChI=1S/C12H24O5Si/c1-6-14-10(5)12(15-7-2,16-8-3)9(4)11(13)17-18/h10H,4,6-8H2,1-3,5,18H3. The van der Waals surface area contributed by atoms with E-state index in [0.29, 0.717) is 30.3 Å². The highest BCUT2D eigenvalue weighted by molar-refractivity contribution is 6.09. The molecule has 0 heterocycles. The summed E-state index contributed by atoms with van der Waals surface area (Å²) in [5.41, 5.74) is 0.141. The summed E-state index contributed by atoms with van der Waals surface area (Å²) in [5.74, 6) is -1.78. The second-order valence-electron chi connectivity index (χ2n) is 3.60. The Labute approximate surface area is 112 Å². The van der Waals surface area contributed by atoms with Gasteiger partial charge in [-0.05, 0) is 27.7 Å². The van der Waals surface area contributed by atoms with Crippen LogP contribution in [0.5, 0.6) is 0 Å². The van der Waals surface area contributed by atoms with Crippen LogP contribution in [0.1, 0.15) is 27.7 Å². The molecular weight excluding hydrogens is 252 g/mol. The SMILES string of the molecule is C=C(C(=O)O[SiH3])C(OCC)(OCC)C(C)OCC. The van der Waals surface area contributed by atoms with Gasteiger partial charge in [-0.15, -0.1) is 0 Å². The van der Waals surface area contributed by atoms with Crippen molar-refractivity contribution >= 4 is 16.5 Å². The van der Waals surface area contributed by atoms with E-state index in [0.717, 1.165) is 0 Å². The van der Waals surface area contributed by atoms with Gasteiger partial charge in [0.25, 0.3) is 0 Å². The van der Waals surface area contributed by atoms with Crippen LogP contribution in [0.4, 0.5) is 0 Å². The molecule has 0 spiro atoms. The lowest BCUT2D eigenvalue weighted by Gasteiger charge is -2.38. The summed E-state index contributed by atoms with van der Waals surface area (Å²) < 4.78 is 21.6. The van der Waals surface area contributed by atoms with Crippen LogP contribution in [0, 0.1) is 0 Å². The van der Waals surface area contributed by atoms with Gasteiger partial charge in [0, 0.05) is 19.8 Å². The van der Waals surface area contributed by atoms with E-state index in [4.69, 9.17) is 18.6 Å². The number of carbonyl (C=O) groups excluding carboxylic acids is 1. The van der Waals surface area contributed by atoms with Gasteiger partial charge in [0.1, 0.15) is 6.10 Å². The zero-order chi connectivity index (χ0) is 14.2. The molecule has 0 amide bonds. The molecule has 1 unspecified atom stereocenters. The molecule has 0 saturated carbocycles. The van der Waals surface area contributed by atoms with Gasteiger partial charge in [-0.1, -0.05) is 6.58 Å². The maximum Gasteiger partial charge on any atom is 0.324 e. The summed E-state index contributed by atoms with van der Waals surface area (Å²) >= 11 is 0. The minimum absolute atomic E-state index is 0.141. The van der Waals surface area contributed by atoms with Crippen LogP contribution in [-0.4, -0.2) is 48.2 Å². The van der Waals surface area contributed by atoms with Crippen molar-refractivity contribution in [3.05, 3.63) is 12.2 Å². The number of ether oxygens (including phenoxy) is 3. The predicted octanol–water partition coefficient (Wildman–Crippen LogP) is 0.560. The summed E-state index contributed by atoms with van der Waals surface area (Å²) in [6.07, 6.45) is -0.448. The topological polar surface area (TPSA) is 54.0 Å². The minimum atomic E-state index is -1.28. The van der Waals surface area contributed by atoms with Crippen molar-refractivity contribution in [2.24, 2.45) is 0 Å². The lowest BCUT2D eigenvalue weighted by Crippen LogP contribution is -2.51. The van der Waals surface area contributed by atoms with Crippen molar-refractivity contribution in [2.45, 2.75) is 39.6 Å². The molecule has 6 heteroatoms. The monoisotopic (exact) mass is 276 g/mol. The van der Waals surface area contributed by atoms with Crippen LogP contribution in [0.2, 0.25) is 0 Å². The van der Waals surface area contributed by atoms with Crippen LogP contribution in [0.3, 0.4) is 0 Å². The van der Waals surface area contributed by atoms with Crippen molar-refractivity contribution in [3.63, 3.8) is 0 Å². The molecule has 18 heavy (non-hydrogen) atoms. The fraction of sp³-hybridized carbons (Fsp3) is 0.750. The summed E-state index contributed by atoms with van der Waals surface area (Å²) in [6.45, 7) is 12.3. The molecule has 0 aromatic carbocycles. The molecule has 0 aliphatic carbocycles. The van der Waals surface area contributed by atoms with Gasteiger partial charge in [0.05, 0.1) is 5.57 Å². The molecular formula is C12H24O5Si. The van der Waals surface area contributed by atoms with E-state index in [2.05, 4.69) is 6.58 Å². The lowest BCUT2D eigenvalue weighted by molar-refractivity contribution is -0.261. The third-order valence-electron chi connectivity index (χ3n) is 2.52. The van der Waals surface area contributed by atoms with E-state index >= 15 is 0 Å². The average Bonchev–Trinajstić information content (AvgIpc) is 2.36. The van der Waals surface area contributed by atoms with E-state index < -0.39 is 17.9 Å². The zero-order valence-electron chi connectivity index (χ0n) is 11.9. The first-order valence-corrected chi connectivity index (χ1v) is 6.98. The molecule has 0 rings (SSSR count). The number of carbonyl (C=O) groups is 1. The van der Waals surface area contributed by atoms with Crippen molar-refractivity contribution < 1.29 is 23.4 Å². The molecule has 0 aromatic rings. The Balaban J connectivity index is 5.31. The molecule has 0 N–H and O–H groups in total. The molecule has 106 valence electrons. The largest absolute Gasteiger partial charge is 0.525 e. The smallest absolute Gasteiger partial charge is 0.324 e. The third kappa shape index (κ3) is 3.91. The maximum atomic E-state index is 11.7. The lowest BCUT2D eigenvalue weighted by atomic mass is 10.0. The number of rotatable bonds is 9. The van der Waals surface area contributed by atoms with Crippen molar-refractivity contribution in [1.29, 1.82) is 0 Å². The van der Waals surface area contributed by atoms with Gasteiger partial charge < -0.3 is 18.6 Å². The Morgan fingerprint density at radius 2 is 1.72 bits per heavy atom. The average molecular weight is 276 g/mol. The molecule has 0 bridgehead atoms. The van der Waals surface area contributed by atoms with Crippen LogP contribution in [-0.2, 0) is 23.4 Å². The van der Waals surface area contributed by atoms with Crippen LogP contribution in [0.25, 0.3) is 0 Å². The molecule has 0 fully saturated rings. The quantitative estimate of drug-likeness (QED) is 0.350. The number of hydrogen-bond acceptors (Lipinski definition) is 5. The molecule has 0 aliphatic heterocycles. The molecule has 0 saturated heterocycles. The normalized spacial score (nSPS) is 13.3. The van der Waals surface area contributed by atoms with Gasteiger partial charge in [0.15, 0.2) is 0 Å². The van der Waals surface area contributed by atoms with E-state index in [1.807, 2.05) is 20.8 Å².